The number of amides is 1. The second kappa shape index (κ2) is 11.3. The summed E-state index contributed by atoms with van der Waals surface area (Å²) < 4.78 is 19.4. The molecule has 158 valence electrons. The maximum absolute atomic E-state index is 14.1. The maximum Gasteiger partial charge on any atom is 0.225 e. The molecule has 2 heterocycles. The van der Waals surface area contributed by atoms with Crippen molar-refractivity contribution in [1.29, 1.82) is 5.26 Å². The zero-order valence-corrected chi connectivity index (χ0v) is 18.9. The number of ether oxygens (including phenoxy) is 1. The van der Waals surface area contributed by atoms with Crippen LogP contribution in [0.1, 0.15) is 24.0 Å². The number of hydrogen-bond acceptors (Lipinski definition) is 4. The Morgan fingerprint density at radius 3 is 2.55 bits per heavy atom. The standard InChI is InChI=1S/C20H26FN5O2.HI/c1-23-20(24-14-17-3-2-15(13-22)12-18(17)21)26-6-4-16(5-7-26)19(27)25-8-10-28-11-9-25;/h2-3,12,16H,4-11,14H2,1H3,(H,23,24);1H. The van der Waals surface area contributed by atoms with Crippen LogP contribution >= 0.6 is 24.0 Å². The summed E-state index contributed by atoms with van der Waals surface area (Å²) in [5.74, 6) is 0.562. The zero-order chi connectivity index (χ0) is 19.9. The van der Waals surface area contributed by atoms with Crippen LogP contribution in [0.15, 0.2) is 23.2 Å². The van der Waals surface area contributed by atoms with Gasteiger partial charge in [-0.25, -0.2) is 4.39 Å². The number of hydrogen-bond donors (Lipinski definition) is 1. The Morgan fingerprint density at radius 1 is 1.28 bits per heavy atom. The Bertz CT molecular complexity index is 769. The fourth-order valence-corrected chi connectivity index (χ4v) is 3.65. The Labute approximate surface area is 187 Å². The van der Waals surface area contributed by atoms with Crippen molar-refractivity contribution < 1.29 is 13.9 Å². The van der Waals surface area contributed by atoms with E-state index < -0.39 is 5.82 Å². The molecule has 0 unspecified atom stereocenters. The van der Waals surface area contributed by atoms with E-state index >= 15 is 0 Å². The third-order valence-corrected chi connectivity index (χ3v) is 5.30. The minimum atomic E-state index is -0.406. The highest BCUT2D eigenvalue weighted by Gasteiger charge is 2.30. The van der Waals surface area contributed by atoms with Gasteiger partial charge in [0.15, 0.2) is 5.96 Å². The summed E-state index contributed by atoms with van der Waals surface area (Å²) in [5, 5.41) is 12.0. The maximum atomic E-state index is 14.1. The van der Waals surface area contributed by atoms with Gasteiger partial charge in [-0.05, 0) is 25.0 Å². The van der Waals surface area contributed by atoms with Crippen LogP contribution in [-0.2, 0) is 16.1 Å². The summed E-state index contributed by atoms with van der Waals surface area (Å²) in [6.45, 7) is 4.35. The van der Waals surface area contributed by atoms with Crippen LogP contribution in [0.3, 0.4) is 0 Å². The SMILES string of the molecule is CN=C(NCc1ccc(C#N)cc1F)N1CCC(C(=O)N2CCOCC2)CC1.I. The number of guanidine groups is 1. The van der Waals surface area contributed by atoms with Crippen LogP contribution in [0.25, 0.3) is 0 Å². The number of piperidine rings is 1. The van der Waals surface area contributed by atoms with Gasteiger partial charge in [-0.3, -0.25) is 9.79 Å². The fourth-order valence-electron chi connectivity index (χ4n) is 3.65. The molecule has 0 aromatic heterocycles. The molecule has 0 aliphatic carbocycles. The molecule has 29 heavy (non-hydrogen) atoms. The number of nitrogens with one attached hydrogen (secondary N) is 1. The fraction of sp³-hybridized carbons (Fsp3) is 0.550. The minimum Gasteiger partial charge on any atom is -0.378 e. The molecule has 1 aromatic carbocycles. The number of aliphatic imine (C=N–C) groups is 1. The van der Waals surface area contributed by atoms with E-state index in [-0.39, 0.29) is 42.3 Å². The molecule has 1 amide bonds. The number of carbonyl (C=O) groups is 1. The van der Waals surface area contributed by atoms with Gasteiger partial charge in [0.2, 0.25) is 5.91 Å². The molecule has 1 aromatic rings. The summed E-state index contributed by atoms with van der Waals surface area (Å²) >= 11 is 0. The highest BCUT2D eigenvalue weighted by Crippen LogP contribution is 2.20. The molecule has 2 aliphatic rings. The molecule has 2 saturated heterocycles. The molecule has 2 aliphatic heterocycles. The molecule has 7 nitrogen and oxygen atoms in total. The van der Waals surface area contributed by atoms with Gasteiger partial charge >= 0.3 is 0 Å². The molecular formula is C20H27FIN5O2. The van der Waals surface area contributed by atoms with Crippen molar-refractivity contribution in [3.63, 3.8) is 0 Å². The highest BCUT2D eigenvalue weighted by atomic mass is 127. The zero-order valence-electron chi connectivity index (χ0n) is 16.6. The molecular weight excluding hydrogens is 488 g/mol. The lowest BCUT2D eigenvalue weighted by Gasteiger charge is -2.36. The van der Waals surface area contributed by atoms with E-state index in [2.05, 4.69) is 15.2 Å². The monoisotopic (exact) mass is 515 g/mol. The van der Waals surface area contributed by atoms with Crippen LogP contribution < -0.4 is 5.32 Å². The third-order valence-electron chi connectivity index (χ3n) is 5.30. The van der Waals surface area contributed by atoms with Crippen molar-refractivity contribution in [3.8, 4) is 6.07 Å². The number of likely N-dealkylation sites (tertiary alicyclic amines) is 1. The first-order chi connectivity index (χ1) is 13.6. The average molecular weight is 515 g/mol. The lowest BCUT2D eigenvalue weighted by Crippen LogP contribution is -2.49. The second-order valence-corrected chi connectivity index (χ2v) is 7.02. The van der Waals surface area contributed by atoms with E-state index in [1.165, 1.54) is 6.07 Å². The number of carbonyl (C=O) groups excluding carboxylic acids is 1. The van der Waals surface area contributed by atoms with E-state index in [0.29, 0.717) is 43.4 Å². The molecule has 3 rings (SSSR count). The first-order valence-electron chi connectivity index (χ1n) is 9.63. The van der Waals surface area contributed by atoms with E-state index in [1.54, 1.807) is 19.2 Å². The first kappa shape index (κ1) is 23.3. The van der Waals surface area contributed by atoms with Gasteiger partial charge in [-0.2, -0.15) is 5.26 Å². The summed E-state index contributed by atoms with van der Waals surface area (Å²) in [6.07, 6.45) is 1.56. The molecule has 9 heteroatoms. The van der Waals surface area contributed by atoms with E-state index in [1.807, 2.05) is 11.0 Å². The van der Waals surface area contributed by atoms with E-state index in [9.17, 15) is 9.18 Å². The molecule has 0 bridgehead atoms. The van der Waals surface area contributed by atoms with E-state index in [0.717, 1.165) is 25.9 Å². The lowest BCUT2D eigenvalue weighted by atomic mass is 9.95. The predicted octanol–water partition coefficient (Wildman–Crippen LogP) is 1.96. The van der Waals surface area contributed by atoms with Crippen molar-refractivity contribution in [1.82, 2.24) is 15.1 Å². The normalized spacial score (nSPS) is 18.0. The Kier molecular flexibility index (Phi) is 9.10. The highest BCUT2D eigenvalue weighted by molar-refractivity contribution is 14.0. The van der Waals surface area contributed by atoms with Crippen LogP contribution in [0, 0.1) is 23.1 Å². The average Bonchev–Trinajstić information content (AvgIpc) is 2.75. The topological polar surface area (TPSA) is 81.0 Å². The largest absolute Gasteiger partial charge is 0.378 e. The quantitative estimate of drug-likeness (QED) is 0.379. The molecule has 0 saturated carbocycles. The van der Waals surface area contributed by atoms with Crippen molar-refractivity contribution >= 4 is 35.8 Å². The number of nitrogens with zero attached hydrogens (tertiary/aromatic N) is 4. The van der Waals surface area contributed by atoms with Crippen LogP contribution in [0.2, 0.25) is 0 Å². The number of rotatable bonds is 3. The molecule has 1 N–H and O–H groups in total. The Balaban J connectivity index is 0.00000300. The second-order valence-electron chi connectivity index (χ2n) is 7.02. The first-order valence-corrected chi connectivity index (χ1v) is 9.63. The molecule has 2 fully saturated rings. The van der Waals surface area contributed by atoms with Crippen molar-refractivity contribution in [2.75, 3.05) is 46.4 Å². The van der Waals surface area contributed by atoms with Crippen molar-refractivity contribution in [3.05, 3.63) is 35.1 Å². The predicted molar refractivity (Wildman–Crippen MR) is 118 cm³/mol. The Hall–Kier alpha value is -1.93. The van der Waals surface area contributed by atoms with Gasteiger partial charge < -0.3 is 19.9 Å². The van der Waals surface area contributed by atoms with Crippen molar-refractivity contribution in [2.45, 2.75) is 19.4 Å². The molecule has 0 atom stereocenters. The van der Waals surface area contributed by atoms with Gasteiger partial charge in [0.05, 0.1) is 24.8 Å². The minimum absolute atomic E-state index is 0. The van der Waals surface area contributed by atoms with Crippen molar-refractivity contribution in [2.24, 2.45) is 10.9 Å². The van der Waals surface area contributed by atoms with Gasteiger partial charge in [-0.1, -0.05) is 6.07 Å². The van der Waals surface area contributed by atoms with Gasteiger partial charge in [0, 0.05) is 51.3 Å². The summed E-state index contributed by atoms with van der Waals surface area (Å²) in [4.78, 5) is 20.9. The third kappa shape index (κ3) is 6.02. The summed E-state index contributed by atoms with van der Waals surface area (Å²) in [7, 11) is 1.70. The van der Waals surface area contributed by atoms with E-state index in [4.69, 9.17) is 10.00 Å². The molecule has 0 radical (unpaired) electrons. The van der Waals surface area contributed by atoms with Crippen LogP contribution in [0.5, 0.6) is 0 Å². The molecule has 0 spiro atoms. The smallest absolute Gasteiger partial charge is 0.225 e. The number of halogens is 2. The van der Waals surface area contributed by atoms with Gasteiger partial charge in [-0.15, -0.1) is 24.0 Å². The van der Waals surface area contributed by atoms with Gasteiger partial charge in [0.25, 0.3) is 0 Å². The van der Waals surface area contributed by atoms with Crippen LogP contribution in [-0.4, -0.2) is 68.1 Å². The van der Waals surface area contributed by atoms with Gasteiger partial charge in [0.1, 0.15) is 5.82 Å². The summed E-state index contributed by atoms with van der Waals surface area (Å²) in [6, 6.07) is 6.38. The van der Waals surface area contributed by atoms with Crippen LogP contribution in [0.4, 0.5) is 4.39 Å². The number of benzene rings is 1. The Morgan fingerprint density at radius 2 is 1.97 bits per heavy atom. The lowest BCUT2D eigenvalue weighted by molar-refractivity contribution is -0.140. The number of nitriles is 1. The summed E-state index contributed by atoms with van der Waals surface area (Å²) in [5.41, 5.74) is 0.787. The number of morpholine rings is 1.